The smallest absolute Gasteiger partial charge is 0.409 e. The van der Waals surface area contributed by atoms with E-state index in [9.17, 15) is 9.90 Å². The van der Waals surface area contributed by atoms with Crippen molar-refractivity contribution in [3.05, 3.63) is 60.0 Å². The molecule has 1 aliphatic heterocycles. The average Bonchev–Trinajstić information content (AvgIpc) is 3.24. The van der Waals surface area contributed by atoms with E-state index in [4.69, 9.17) is 9.72 Å². The zero-order valence-electron chi connectivity index (χ0n) is 21.3. The van der Waals surface area contributed by atoms with E-state index in [1.54, 1.807) is 35.7 Å². The van der Waals surface area contributed by atoms with Crippen molar-refractivity contribution in [3.63, 3.8) is 0 Å². The largest absolute Gasteiger partial charge is 0.453 e. The maximum absolute atomic E-state index is 11.7. The summed E-state index contributed by atoms with van der Waals surface area (Å²) in [6.45, 7) is 8.04. The van der Waals surface area contributed by atoms with E-state index in [-0.39, 0.29) is 6.09 Å². The number of nitrogens with zero attached hydrogens (tertiary/aromatic N) is 7. The fourth-order valence-corrected chi connectivity index (χ4v) is 4.30. The molecule has 0 radical (unpaired) electrons. The molecule has 1 fully saturated rings. The van der Waals surface area contributed by atoms with Gasteiger partial charge in [0, 0.05) is 43.8 Å². The molecule has 5 rings (SSSR count). The van der Waals surface area contributed by atoms with Gasteiger partial charge in [0.2, 0.25) is 5.95 Å². The molecule has 0 bridgehead atoms. The zero-order valence-corrected chi connectivity index (χ0v) is 21.3. The molecule has 11 heteroatoms. The second-order valence-electron chi connectivity index (χ2n) is 9.48. The zero-order chi connectivity index (χ0) is 26.2. The Balaban J connectivity index is 1.35. The number of amides is 1. The monoisotopic (exact) mass is 502 g/mol. The maximum Gasteiger partial charge on any atom is 0.409 e. The quantitative estimate of drug-likeness (QED) is 0.423. The van der Waals surface area contributed by atoms with Crippen LogP contribution in [0.4, 0.5) is 22.1 Å². The summed E-state index contributed by atoms with van der Waals surface area (Å²) in [5.41, 5.74) is 2.81. The van der Waals surface area contributed by atoms with Crippen molar-refractivity contribution in [1.29, 1.82) is 0 Å². The highest BCUT2D eigenvalue weighted by Crippen LogP contribution is 2.25. The van der Waals surface area contributed by atoms with Crippen molar-refractivity contribution in [3.8, 4) is 5.82 Å². The summed E-state index contributed by atoms with van der Waals surface area (Å²) < 4.78 is 6.48. The fraction of sp³-hybridized carbons (Fsp3) is 0.346. The van der Waals surface area contributed by atoms with Crippen molar-refractivity contribution in [2.75, 3.05) is 43.5 Å². The lowest BCUT2D eigenvalue weighted by atomic mass is 10.1. The molecule has 1 aromatic carbocycles. The summed E-state index contributed by atoms with van der Waals surface area (Å²) >= 11 is 0. The van der Waals surface area contributed by atoms with E-state index in [1.807, 2.05) is 43.3 Å². The number of aryl methyl sites for hydroxylation is 1. The third-order valence-electron chi connectivity index (χ3n) is 6.39. The number of ether oxygens (including phenoxy) is 1. The summed E-state index contributed by atoms with van der Waals surface area (Å²) in [7, 11) is 1.41. The molecule has 0 unspecified atom stereocenters. The minimum atomic E-state index is -1.07. The Hall–Kier alpha value is -4.25. The first-order valence-electron chi connectivity index (χ1n) is 12.1. The van der Waals surface area contributed by atoms with E-state index < -0.39 is 5.60 Å². The van der Waals surface area contributed by atoms with Crippen molar-refractivity contribution in [1.82, 2.24) is 29.6 Å². The highest BCUT2D eigenvalue weighted by molar-refractivity contribution is 5.80. The molecule has 1 aliphatic rings. The van der Waals surface area contributed by atoms with Crippen molar-refractivity contribution in [2.45, 2.75) is 26.4 Å². The Kier molecular flexibility index (Phi) is 6.38. The molecular weight excluding hydrogens is 472 g/mol. The topological polar surface area (TPSA) is 122 Å². The number of aliphatic hydroxyl groups is 1. The van der Waals surface area contributed by atoms with Gasteiger partial charge in [0.15, 0.2) is 11.5 Å². The summed E-state index contributed by atoms with van der Waals surface area (Å²) in [6, 6.07) is 13.5. The number of hydrogen-bond donors (Lipinski definition) is 2. The summed E-state index contributed by atoms with van der Waals surface area (Å²) in [4.78, 5) is 29.5. The van der Waals surface area contributed by atoms with Crippen LogP contribution >= 0.6 is 0 Å². The maximum atomic E-state index is 11.7. The molecule has 0 spiro atoms. The fourth-order valence-electron chi connectivity index (χ4n) is 4.30. The third-order valence-corrected chi connectivity index (χ3v) is 6.39. The van der Waals surface area contributed by atoms with E-state index >= 15 is 0 Å². The standard InChI is InChI=1S/C26H30N8O3/c1-17-20-16-27-24(30-23(20)34(31-17)22-7-5-6-21(29-22)26(2,3)36)28-18-8-10-19(11-9-18)32-12-14-33(15-13-32)25(35)37-4/h5-11,16,36H,12-15H2,1-4H3,(H,27,28,30). The molecule has 4 aromatic rings. The Bertz CT molecular complexity index is 1420. The van der Waals surface area contributed by atoms with E-state index in [2.05, 4.69) is 25.3 Å². The molecule has 2 N–H and O–H groups in total. The average molecular weight is 503 g/mol. The predicted molar refractivity (Wildman–Crippen MR) is 140 cm³/mol. The van der Waals surface area contributed by atoms with Crippen molar-refractivity contribution in [2.24, 2.45) is 0 Å². The lowest BCUT2D eigenvalue weighted by Crippen LogP contribution is -2.48. The van der Waals surface area contributed by atoms with Gasteiger partial charge in [-0.1, -0.05) is 6.07 Å². The third kappa shape index (κ3) is 5.03. The van der Waals surface area contributed by atoms with Crippen LogP contribution in [-0.4, -0.2) is 74.1 Å². The lowest BCUT2D eigenvalue weighted by Gasteiger charge is -2.35. The Morgan fingerprint density at radius 2 is 1.78 bits per heavy atom. The second-order valence-corrected chi connectivity index (χ2v) is 9.48. The lowest BCUT2D eigenvalue weighted by molar-refractivity contribution is 0.0738. The number of piperazine rings is 1. The molecule has 11 nitrogen and oxygen atoms in total. The molecule has 1 saturated heterocycles. The molecule has 1 amide bonds. The molecule has 192 valence electrons. The van der Waals surface area contributed by atoms with Crippen LogP contribution in [0.3, 0.4) is 0 Å². The SMILES string of the molecule is COC(=O)N1CCN(c2ccc(Nc3ncc4c(C)nn(-c5cccc(C(C)(C)O)n5)c4n3)cc2)CC1. The number of anilines is 3. The van der Waals surface area contributed by atoms with Crippen LogP contribution in [0, 0.1) is 6.92 Å². The molecule has 0 atom stereocenters. The minimum absolute atomic E-state index is 0.284. The van der Waals surface area contributed by atoms with Gasteiger partial charge in [0.25, 0.3) is 0 Å². The van der Waals surface area contributed by atoms with Crippen LogP contribution in [0.1, 0.15) is 25.2 Å². The number of hydrogen-bond acceptors (Lipinski definition) is 9. The van der Waals surface area contributed by atoms with Gasteiger partial charge >= 0.3 is 6.09 Å². The van der Waals surface area contributed by atoms with Gasteiger partial charge in [0.05, 0.1) is 23.9 Å². The summed E-state index contributed by atoms with van der Waals surface area (Å²) in [6.07, 6.45) is 1.46. The van der Waals surface area contributed by atoms with Crippen molar-refractivity contribution >= 4 is 34.4 Å². The first kappa shape index (κ1) is 24.4. The first-order valence-corrected chi connectivity index (χ1v) is 12.1. The number of nitrogens with one attached hydrogen (secondary N) is 1. The van der Waals surface area contributed by atoms with Crippen molar-refractivity contribution < 1.29 is 14.6 Å². The van der Waals surface area contributed by atoms with E-state index in [0.29, 0.717) is 36.2 Å². The number of pyridine rings is 1. The number of carbonyl (C=O) groups is 1. The van der Waals surface area contributed by atoms with Gasteiger partial charge in [-0.25, -0.2) is 14.8 Å². The van der Waals surface area contributed by atoms with Crippen LogP contribution in [0.5, 0.6) is 0 Å². The molecule has 0 aliphatic carbocycles. The predicted octanol–water partition coefficient (Wildman–Crippen LogP) is 3.38. The number of methoxy groups -OCH3 is 1. The Morgan fingerprint density at radius 1 is 1.05 bits per heavy atom. The molecule has 0 saturated carbocycles. The second kappa shape index (κ2) is 9.66. The van der Waals surface area contributed by atoms with Gasteiger partial charge < -0.3 is 25.0 Å². The van der Waals surface area contributed by atoms with Gasteiger partial charge in [-0.05, 0) is 57.2 Å². The number of carbonyl (C=O) groups excluding carboxylic acids is 1. The van der Waals surface area contributed by atoms with Crippen LogP contribution in [0.15, 0.2) is 48.7 Å². The van der Waals surface area contributed by atoms with Gasteiger partial charge in [-0.2, -0.15) is 14.8 Å². The molecular formula is C26H30N8O3. The van der Waals surface area contributed by atoms with Gasteiger partial charge in [0.1, 0.15) is 5.60 Å². The number of rotatable bonds is 5. The Labute approximate surface area is 214 Å². The van der Waals surface area contributed by atoms with Gasteiger partial charge in [-0.3, -0.25) is 0 Å². The molecule has 37 heavy (non-hydrogen) atoms. The van der Waals surface area contributed by atoms with Crippen LogP contribution in [0.2, 0.25) is 0 Å². The molecule has 4 heterocycles. The van der Waals surface area contributed by atoms with E-state index in [1.165, 1.54) is 7.11 Å². The van der Waals surface area contributed by atoms with Crippen LogP contribution in [-0.2, 0) is 10.3 Å². The minimum Gasteiger partial charge on any atom is -0.453 e. The number of aromatic nitrogens is 5. The number of fused-ring (bicyclic) bond motifs is 1. The first-order chi connectivity index (χ1) is 17.7. The highest BCUT2D eigenvalue weighted by atomic mass is 16.5. The summed E-state index contributed by atoms with van der Waals surface area (Å²) in [5.74, 6) is 1.01. The normalized spacial score (nSPS) is 14.2. The van der Waals surface area contributed by atoms with E-state index in [0.717, 1.165) is 35.5 Å². The van der Waals surface area contributed by atoms with Crippen LogP contribution < -0.4 is 10.2 Å². The molecule has 3 aromatic heterocycles. The van der Waals surface area contributed by atoms with Gasteiger partial charge in [-0.15, -0.1) is 0 Å². The highest BCUT2D eigenvalue weighted by Gasteiger charge is 2.22. The Morgan fingerprint density at radius 3 is 2.46 bits per heavy atom. The van der Waals surface area contributed by atoms with Crippen LogP contribution in [0.25, 0.3) is 16.9 Å². The number of benzene rings is 1. The summed E-state index contributed by atoms with van der Waals surface area (Å²) in [5, 5.41) is 19.1.